The van der Waals surface area contributed by atoms with Crippen LogP contribution < -0.4 is 5.32 Å². The standard InChI is InChI=1S/C11H12N2O/c1-12-11(14)8-13-7-6-9-4-2-3-5-10(9)13/h2-7H,8H2,1H3,(H,12,14). The van der Waals surface area contributed by atoms with E-state index in [9.17, 15) is 4.79 Å². The van der Waals surface area contributed by atoms with E-state index in [-0.39, 0.29) is 5.91 Å². The van der Waals surface area contributed by atoms with Gasteiger partial charge in [-0.2, -0.15) is 0 Å². The fourth-order valence-corrected chi connectivity index (χ4v) is 1.51. The quantitative estimate of drug-likeness (QED) is 0.759. The summed E-state index contributed by atoms with van der Waals surface area (Å²) in [4.78, 5) is 11.2. The van der Waals surface area contributed by atoms with Gasteiger partial charge in [0.2, 0.25) is 5.91 Å². The molecular formula is C11H12N2O. The Bertz CT molecular complexity index is 459. The first kappa shape index (κ1) is 8.81. The number of rotatable bonds is 2. The van der Waals surface area contributed by atoms with Crippen LogP contribution in [-0.2, 0) is 11.3 Å². The van der Waals surface area contributed by atoms with Crippen molar-refractivity contribution in [2.24, 2.45) is 0 Å². The highest BCUT2D eigenvalue weighted by atomic mass is 16.1. The monoisotopic (exact) mass is 188 g/mol. The molecule has 0 radical (unpaired) electrons. The summed E-state index contributed by atoms with van der Waals surface area (Å²) in [7, 11) is 1.65. The van der Waals surface area contributed by atoms with Gasteiger partial charge in [0.1, 0.15) is 6.54 Å². The lowest BCUT2D eigenvalue weighted by molar-refractivity contribution is -0.121. The van der Waals surface area contributed by atoms with Crippen LogP contribution in [0.1, 0.15) is 0 Å². The van der Waals surface area contributed by atoms with Gasteiger partial charge in [0.05, 0.1) is 0 Å². The normalized spacial score (nSPS) is 10.4. The maximum atomic E-state index is 11.2. The van der Waals surface area contributed by atoms with Crippen LogP contribution in [0, 0.1) is 0 Å². The third-order valence-electron chi connectivity index (χ3n) is 2.27. The number of nitrogens with zero attached hydrogens (tertiary/aromatic N) is 1. The van der Waals surface area contributed by atoms with E-state index in [0.29, 0.717) is 6.54 Å². The molecule has 1 amide bonds. The number of carbonyl (C=O) groups is 1. The van der Waals surface area contributed by atoms with Crippen molar-refractivity contribution in [3.8, 4) is 0 Å². The highest BCUT2D eigenvalue weighted by Gasteiger charge is 2.02. The summed E-state index contributed by atoms with van der Waals surface area (Å²) >= 11 is 0. The smallest absolute Gasteiger partial charge is 0.239 e. The second kappa shape index (κ2) is 3.54. The molecule has 14 heavy (non-hydrogen) atoms. The minimum absolute atomic E-state index is 0.0198. The SMILES string of the molecule is CNC(=O)Cn1ccc2ccccc21. The fourth-order valence-electron chi connectivity index (χ4n) is 1.51. The van der Waals surface area contributed by atoms with Crippen LogP contribution in [0.3, 0.4) is 0 Å². The summed E-state index contributed by atoms with van der Waals surface area (Å²) in [5.41, 5.74) is 1.09. The highest BCUT2D eigenvalue weighted by molar-refractivity contribution is 5.83. The molecule has 0 aliphatic rings. The molecule has 0 saturated heterocycles. The molecule has 2 aromatic rings. The Morgan fingerprint density at radius 2 is 2.14 bits per heavy atom. The Balaban J connectivity index is 2.38. The molecule has 1 N–H and O–H groups in total. The Kier molecular flexibility index (Phi) is 2.23. The largest absolute Gasteiger partial charge is 0.358 e. The van der Waals surface area contributed by atoms with Gasteiger partial charge in [0.15, 0.2) is 0 Å². The van der Waals surface area contributed by atoms with Gasteiger partial charge in [0, 0.05) is 18.8 Å². The van der Waals surface area contributed by atoms with Gasteiger partial charge in [-0.1, -0.05) is 18.2 Å². The first-order valence-electron chi connectivity index (χ1n) is 4.56. The molecule has 0 spiro atoms. The van der Waals surface area contributed by atoms with Crippen LogP contribution in [0.5, 0.6) is 0 Å². The number of benzene rings is 1. The molecule has 0 atom stereocenters. The van der Waals surface area contributed by atoms with Gasteiger partial charge in [-0.15, -0.1) is 0 Å². The molecule has 0 fully saturated rings. The van der Waals surface area contributed by atoms with Crippen LogP contribution in [0.2, 0.25) is 0 Å². The summed E-state index contributed by atoms with van der Waals surface area (Å²) < 4.78 is 1.94. The van der Waals surface area contributed by atoms with Crippen LogP contribution in [0.4, 0.5) is 0 Å². The van der Waals surface area contributed by atoms with E-state index in [1.54, 1.807) is 7.05 Å². The first-order valence-corrected chi connectivity index (χ1v) is 4.56. The number of likely N-dealkylation sites (N-methyl/N-ethyl adjacent to an activating group) is 1. The van der Waals surface area contributed by atoms with E-state index in [2.05, 4.69) is 5.32 Å². The van der Waals surface area contributed by atoms with E-state index in [1.165, 1.54) is 0 Å². The van der Waals surface area contributed by atoms with Crippen molar-refractivity contribution in [3.63, 3.8) is 0 Å². The molecule has 0 aliphatic carbocycles. The van der Waals surface area contributed by atoms with Crippen molar-refractivity contribution in [2.45, 2.75) is 6.54 Å². The van der Waals surface area contributed by atoms with E-state index in [0.717, 1.165) is 10.9 Å². The summed E-state index contributed by atoms with van der Waals surface area (Å²) in [5, 5.41) is 3.77. The molecule has 3 nitrogen and oxygen atoms in total. The van der Waals surface area contributed by atoms with Crippen LogP contribution >= 0.6 is 0 Å². The van der Waals surface area contributed by atoms with Crippen molar-refractivity contribution >= 4 is 16.8 Å². The number of nitrogens with one attached hydrogen (secondary N) is 1. The maximum Gasteiger partial charge on any atom is 0.239 e. The molecule has 2 rings (SSSR count). The molecule has 1 heterocycles. The van der Waals surface area contributed by atoms with Crippen LogP contribution in [0.25, 0.3) is 10.9 Å². The van der Waals surface area contributed by atoms with Crippen molar-refractivity contribution in [2.75, 3.05) is 7.05 Å². The molecule has 0 unspecified atom stereocenters. The molecule has 72 valence electrons. The molecule has 1 aromatic heterocycles. The maximum absolute atomic E-state index is 11.2. The second-order valence-electron chi connectivity index (χ2n) is 3.18. The van der Waals surface area contributed by atoms with E-state index in [4.69, 9.17) is 0 Å². The third kappa shape index (κ3) is 1.48. The van der Waals surface area contributed by atoms with Gasteiger partial charge in [-0.05, 0) is 17.5 Å². The number of amides is 1. The first-order chi connectivity index (χ1) is 6.81. The van der Waals surface area contributed by atoms with Crippen molar-refractivity contribution in [1.29, 1.82) is 0 Å². The lowest BCUT2D eigenvalue weighted by Gasteiger charge is -2.03. The van der Waals surface area contributed by atoms with E-state index >= 15 is 0 Å². The topological polar surface area (TPSA) is 34.0 Å². The lowest BCUT2D eigenvalue weighted by atomic mass is 10.2. The Hall–Kier alpha value is -1.77. The van der Waals surface area contributed by atoms with Gasteiger partial charge >= 0.3 is 0 Å². The van der Waals surface area contributed by atoms with Crippen LogP contribution in [-0.4, -0.2) is 17.5 Å². The van der Waals surface area contributed by atoms with Crippen molar-refractivity contribution < 1.29 is 4.79 Å². The Morgan fingerprint density at radius 1 is 1.36 bits per heavy atom. The summed E-state index contributed by atoms with van der Waals surface area (Å²) in [6.45, 7) is 0.379. The second-order valence-corrected chi connectivity index (χ2v) is 3.18. The number of aromatic nitrogens is 1. The fraction of sp³-hybridized carbons (Fsp3) is 0.182. The molecule has 1 aromatic carbocycles. The minimum atomic E-state index is 0.0198. The van der Waals surface area contributed by atoms with Gasteiger partial charge in [-0.3, -0.25) is 4.79 Å². The molecular weight excluding hydrogens is 176 g/mol. The number of para-hydroxylation sites is 1. The van der Waals surface area contributed by atoms with Gasteiger partial charge in [-0.25, -0.2) is 0 Å². The predicted molar refractivity (Wildman–Crippen MR) is 56.0 cm³/mol. The van der Waals surface area contributed by atoms with Crippen molar-refractivity contribution in [1.82, 2.24) is 9.88 Å². The van der Waals surface area contributed by atoms with E-state index < -0.39 is 0 Å². The van der Waals surface area contributed by atoms with Gasteiger partial charge < -0.3 is 9.88 Å². The number of fused-ring (bicyclic) bond motifs is 1. The zero-order valence-electron chi connectivity index (χ0n) is 8.03. The zero-order valence-corrected chi connectivity index (χ0v) is 8.03. The van der Waals surface area contributed by atoms with Gasteiger partial charge in [0.25, 0.3) is 0 Å². The Labute approximate surface area is 82.3 Å². The number of carbonyl (C=O) groups excluding carboxylic acids is 1. The molecule has 0 saturated carbocycles. The highest BCUT2D eigenvalue weighted by Crippen LogP contribution is 2.14. The number of hydrogen-bond donors (Lipinski definition) is 1. The Morgan fingerprint density at radius 3 is 2.93 bits per heavy atom. The van der Waals surface area contributed by atoms with Crippen LogP contribution in [0.15, 0.2) is 36.5 Å². The van der Waals surface area contributed by atoms with E-state index in [1.807, 2.05) is 41.1 Å². The predicted octanol–water partition coefficient (Wildman–Crippen LogP) is 1.39. The summed E-state index contributed by atoms with van der Waals surface area (Å²) in [6.07, 6.45) is 1.93. The molecule has 0 aliphatic heterocycles. The molecule has 0 bridgehead atoms. The summed E-state index contributed by atoms with van der Waals surface area (Å²) in [5.74, 6) is 0.0198. The third-order valence-corrected chi connectivity index (χ3v) is 2.27. The minimum Gasteiger partial charge on any atom is -0.358 e. The number of hydrogen-bond acceptors (Lipinski definition) is 1. The average molecular weight is 188 g/mol. The average Bonchev–Trinajstić information content (AvgIpc) is 2.62. The lowest BCUT2D eigenvalue weighted by Crippen LogP contribution is -2.22. The zero-order chi connectivity index (χ0) is 9.97. The van der Waals surface area contributed by atoms with Crippen molar-refractivity contribution in [3.05, 3.63) is 36.5 Å². The summed E-state index contributed by atoms with van der Waals surface area (Å²) in [6, 6.07) is 10.0. The molecule has 3 heteroatoms.